The highest BCUT2D eigenvalue weighted by molar-refractivity contribution is 5.95. The molecule has 2 fully saturated rings. The van der Waals surface area contributed by atoms with E-state index in [1.54, 1.807) is 0 Å². The summed E-state index contributed by atoms with van der Waals surface area (Å²) in [7, 11) is 1.52. The molecule has 2 aliphatic rings. The molecule has 2 atom stereocenters. The van der Waals surface area contributed by atoms with Crippen molar-refractivity contribution in [1.29, 1.82) is 0 Å². The summed E-state index contributed by atoms with van der Waals surface area (Å²) in [4.78, 5) is 13.7. The first-order chi connectivity index (χ1) is 10.4. The third kappa shape index (κ3) is 3.12. The number of hydrogen-bond acceptors (Lipinski definition) is 3. The van der Waals surface area contributed by atoms with E-state index in [1.165, 1.54) is 11.9 Å². The minimum absolute atomic E-state index is 0. The smallest absolute Gasteiger partial charge is 0.257 e. The van der Waals surface area contributed by atoms with Gasteiger partial charge >= 0.3 is 0 Å². The Bertz CT molecular complexity index is 617. The zero-order chi connectivity index (χ0) is 16.0. The Kier molecular flexibility index (Phi) is 5.10. The number of halogens is 4. The molecular weight excluding hydrogens is 333 g/mol. The van der Waals surface area contributed by atoms with Crippen LogP contribution in [0.4, 0.5) is 13.2 Å². The average Bonchev–Trinajstić information content (AvgIpc) is 2.85. The SMILES string of the molecule is CN(C(=O)c1cc(F)c(F)c(O)c1F)C1CC2CCC(C1)N2.Cl. The molecule has 2 N–H and O–H groups in total. The summed E-state index contributed by atoms with van der Waals surface area (Å²) >= 11 is 0. The van der Waals surface area contributed by atoms with Crippen LogP contribution in [-0.4, -0.2) is 41.1 Å². The monoisotopic (exact) mass is 350 g/mol. The maximum absolute atomic E-state index is 13.9. The number of nitrogens with zero attached hydrogens (tertiary/aromatic N) is 1. The van der Waals surface area contributed by atoms with Gasteiger partial charge in [0.05, 0.1) is 5.56 Å². The number of phenolic OH excluding ortho intramolecular Hbond substituents is 1. The number of aromatic hydroxyl groups is 1. The molecule has 2 saturated heterocycles. The first kappa shape index (κ1) is 17.9. The van der Waals surface area contributed by atoms with Crippen LogP contribution >= 0.6 is 12.4 Å². The van der Waals surface area contributed by atoms with Gasteiger partial charge in [0, 0.05) is 25.2 Å². The van der Waals surface area contributed by atoms with Crippen molar-refractivity contribution in [2.75, 3.05) is 7.05 Å². The van der Waals surface area contributed by atoms with Crippen molar-refractivity contribution >= 4 is 18.3 Å². The second-order valence-electron chi connectivity index (χ2n) is 6.06. The molecule has 0 aliphatic carbocycles. The van der Waals surface area contributed by atoms with Gasteiger partial charge in [0.15, 0.2) is 17.4 Å². The lowest BCUT2D eigenvalue weighted by Crippen LogP contribution is -2.48. The molecule has 128 valence electrons. The first-order valence-corrected chi connectivity index (χ1v) is 7.28. The first-order valence-electron chi connectivity index (χ1n) is 7.28. The van der Waals surface area contributed by atoms with Gasteiger partial charge in [-0.2, -0.15) is 4.39 Å². The van der Waals surface area contributed by atoms with E-state index in [9.17, 15) is 23.1 Å². The van der Waals surface area contributed by atoms with Crippen molar-refractivity contribution in [3.63, 3.8) is 0 Å². The van der Waals surface area contributed by atoms with E-state index in [0.29, 0.717) is 18.2 Å². The lowest BCUT2D eigenvalue weighted by atomic mass is 9.98. The Morgan fingerprint density at radius 3 is 2.35 bits per heavy atom. The van der Waals surface area contributed by atoms with Gasteiger partial charge in [-0.15, -0.1) is 12.4 Å². The molecule has 1 aromatic rings. The second kappa shape index (κ2) is 6.57. The second-order valence-corrected chi connectivity index (χ2v) is 6.06. The van der Waals surface area contributed by atoms with Crippen LogP contribution in [-0.2, 0) is 0 Å². The third-order valence-corrected chi connectivity index (χ3v) is 4.68. The summed E-state index contributed by atoms with van der Waals surface area (Å²) in [6.07, 6.45) is 3.58. The molecule has 0 saturated carbocycles. The predicted octanol–water partition coefficient (Wildman–Crippen LogP) is 2.59. The number of benzene rings is 1. The fourth-order valence-electron chi connectivity index (χ4n) is 3.45. The number of carbonyl (C=O) groups excluding carboxylic acids is 1. The highest BCUT2D eigenvalue weighted by Crippen LogP contribution is 2.31. The Hall–Kier alpha value is -1.47. The van der Waals surface area contributed by atoms with Crippen molar-refractivity contribution in [3.05, 3.63) is 29.1 Å². The van der Waals surface area contributed by atoms with E-state index >= 15 is 0 Å². The topological polar surface area (TPSA) is 52.6 Å². The van der Waals surface area contributed by atoms with E-state index < -0.39 is 34.7 Å². The molecule has 2 bridgehead atoms. The summed E-state index contributed by atoms with van der Waals surface area (Å²) in [5, 5.41) is 12.7. The highest BCUT2D eigenvalue weighted by Gasteiger charge is 2.37. The van der Waals surface area contributed by atoms with Crippen molar-refractivity contribution in [3.8, 4) is 5.75 Å². The molecule has 23 heavy (non-hydrogen) atoms. The normalized spacial score (nSPS) is 25.8. The molecule has 2 heterocycles. The Morgan fingerprint density at radius 2 is 1.78 bits per heavy atom. The maximum Gasteiger partial charge on any atom is 0.257 e. The largest absolute Gasteiger partial charge is 0.503 e. The fraction of sp³-hybridized carbons (Fsp3) is 0.533. The zero-order valence-corrected chi connectivity index (χ0v) is 13.3. The number of hydrogen-bond donors (Lipinski definition) is 2. The quantitative estimate of drug-likeness (QED) is 0.806. The lowest BCUT2D eigenvalue weighted by molar-refractivity contribution is 0.0675. The van der Waals surface area contributed by atoms with Crippen LogP contribution < -0.4 is 5.32 Å². The van der Waals surface area contributed by atoms with Crippen LogP contribution in [0.15, 0.2) is 6.07 Å². The van der Waals surface area contributed by atoms with Gasteiger partial charge in [0.1, 0.15) is 0 Å². The van der Waals surface area contributed by atoms with Crippen molar-refractivity contribution < 1.29 is 23.1 Å². The van der Waals surface area contributed by atoms with Gasteiger partial charge in [-0.05, 0) is 31.7 Å². The molecular formula is C15H18ClF3N2O2. The number of piperidine rings is 1. The van der Waals surface area contributed by atoms with Crippen molar-refractivity contribution in [2.45, 2.75) is 43.8 Å². The number of nitrogens with one attached hydrogen (secondary N) is 1. The Labute approximate surface area is 138 Å². The number of rotatable bonds is 2. The zero-order valence-electron chi connectivity index (χ0n) is 12.5. The van der Waals surface area contributed by atoms with Gasteiger partial charge in [-0.3, -0.25) is 4.79 Å². The summed E-state index contributed by atoms with van der Waals surface area (Å²) in [6, 6.07) is 1.09. The van der Waals surface area contributed by atoms with E-state index in [2.05, 4.69) is 5.32 Å². The molecule has 0 spiro atoms. The maximum atomic E-state index is 13.9. The van der Waals surface area contributed by atoms with Gasteiger partial charge in [-0.1, -0.05) is 0 Å². The van der Waals surface area contributed by atoms with Gasteiger partial charge in [0.25, 0.3) is 5.91 Å². The van der Waals surface area contributed by atoms with Crippen molar-refractivity contribution in [1.82, 2.24) is 10.2 Å². The molecule has 1 amide bonds. The van der Waals surface area contributed by atoms with Crippen LogP contribution in [0.5, 0.6) is 5.75 Å². The number of amides is 1. The summed E-state index contributed by atoms with van der Waals surface area (Å²) in [6.45, 7) is 0. The summed E-state index contributed by atoms with van der Waals surface area (Å²) in [5.41, 5.74) is -0.648. The third-order valence-electron chi connectivity index (χ3n) is 4.68. The molecule has 0 aromatic heterocycles. The highest BCUT2D eigenvalue weighted by atomic mass is 35.5. The van der Waals surface area contributed by atoms with Crippen LogP contribution in [0.25, 0.3) is 0 Å². The molecule has 4 nitrogen and oxygen atoms in total. The van der Waals surface area contributed by atoms with E-state index in [1.807, 2.05) is 0 Å². The fourth-order valence-corrected chi connectivity index (χ4v) is 3.45. The lowest BCUT2D eigenvalue weighted by Gasteiger charge is -2.35. The van der Waals surface area contributed by atoms with Gasteiger partial charge in [-0.25, -0.2) is 8.78 Å². The van der Waals surface area contributed by atoms with E-state index in [-0.39, 0.29) is 18.4 Å². The van der Waals surface area contributed by atoms with Gasteiger partial charge in [0.2, 0.25) is 5.82 Å². The molecule has 0 radical (unpaired) electrons. The predicted molar refractivity (Wildman–Crippen MR) is 80.3 cm³/mol. The molecule has 2 unspecified atom stereocenters. The van der Waals surface area contributed by atoms with Crippen LogP contribution in [0.2, 0.25) is 0 Å². The summed E-state index contributed by atoms with van der Waals surface area (Å²) < 4.78 is 40.3. The number of fused-ring (bicyclic) bond motifs is 2. The minimum atomic E-state index is -1.68. The molecule has 3 rings (SSSR count). The van der Waals surface area contributed by atoms with Crippen LogP contribution in [0, 0.1) is 17.5 Å². The standard InChI is InChI=1S/C15H17F3N2O2.ClH/c1-20(9-4-7-2-3-8(5-9)19-7)15(22)10-6-11(16)13(18)14(21)12(10)17;/h6-9,19,21H,2-5H2,1H3;1H. The summed E-state index contributed by atoms with van der Waals surface area (Å²) in [5.74, 6) is -6.76. The van der Waals surface area contributed by atoms with Crippen LogP contribution in [0.1, 0.15) is 36.0 Å². The Balaban J connectivity index is 0.00000192. The Morgan fingerprint density at radius 1 is 1.22 bits per heavy atom. The van der Waals surface area contributed by atoms with Gasteiger partial charge < -0.3 is 15.3 Å². The molecule has 1 aromatic carbocycles. The number of phenols is 1. The van der Waals surface area contributed by atoms with E-state index in [4.69, 9.17) is 0 Å². The molecule has 2 aliphatic heterocycles. The van der Waals surface area contributed by atoms with Crippen LogP contribution in [0.3, 0.4) is 0 Å². The molecule has 8 heteroatoms. The van der Waals surface area contributed by atoms with E-state index in [0.717, 1.165) is 25.7 Å². The van der Waals surface area contributed by atoms with Crippen molar-refractivity contribution in [2.24, 2.45) is 0 Å². The number of carbonyl (C=O) groups is 1. The average molecular weight is 351 g/mol. The minimum Gasteiger partial charge on any atom is -0.503 e.